The van der Waals surface area contributed by atoms with E-state index in [9.17, 15) is 13.2 Å². The first kappa shape index (κ1) is 21.3. The summed E-state index contributed by atoms with van der Waals surface area (Å²) in [6.45, 7) is 0.894. The van der Waals surface area contributed by atoms with E-state index in [1.807, 2.05) is 65.4 Å². The van der Waals surface area contributed by atoms with Crippen molar-refractivity contribution in [3.8, 4) is 11.1 Å². The molecule has 8 heteroatoms. The predicted molar refractivity (Wildman–Crippen MR) is 122 cm³/mol. The third-order valence-corrected chi connectivity index (χ3v) is 6.28. The summed E-state index contributed by atoms with van der Waals surface area (Å²) in [6, 6.07) is 22.7. The molecule has 2 N–H and O–H groups in total. The molecule has 0 radical (unpaired) electrons. The number of hydrogen-bond donors (Lipinski definition) is 2. The number of carbonyl (C=O) groups excluding carboxylic acids is 1. The van der Waals surface area contributed by atoms with Crippen molar-refractivity contribution in [1.29, 1.82) is 0 Å². The van der Waals surface area contributed by atoms with Crippen molar-refractivity contribution in [1.82, 2.24) is 19.6 Å². The van der Waals surface area contributed by atoms with Gasteiger partial charge < -0.3 is 9.88 Å². The lowest BCUT2D eigenvalue weighted by atomic mass is 10.0. The Bertz CT molecular complexity index is 1290. The number of sulfonamides is 1. The number of urea groups is 1. The largest absolute Gasteiger partial charge is 0.333 e. The molecule has 0 aliphatic carbocycles. The molecule has 2 amide bonds. The number of benzene rings is 3. The van der Waals surface area contributed by atoms with Crippen LogP contribution in [0.1, 0.15) is 11.1 Å². The molecule has 1 heterocycles. The highest BCUT2D eigenvalue weighted by Crippen LogP contribution is 2.27. The van der Waals surface area contributed by atoms with Gasteiger partial charge in [-0.2, -0.15) is 0 Å². The smallest absolute Gasteiger partial charge is 0.328 e. The van der Waals surface area contributed by atoms with Crippen LogP contribution >= 0.6 is 0 Å². The number of aromatic nitrogens is 2. The second-order valence-electron chi connectivity index (χ2n) is 7.20. The van der Waals surface area contributed by atoms with E-state index in [1.54, 1.807) is 30.7 Å². The van der Waals surface area contributed by atoms with Gasteiger partial charge in [-0.05, 0) is 22.8 Å². The van der Waals surface area contributed by atoms with E-state index in [0.717, 1.165) is 16.7 Å². The van der Waals surface area contributed by atoms with E-state index >= 15 is 0 Å². The van der Waals surface area contributed by atoms with Gasteiger partial charge in [-0.3, -0.25) is 0 Å². The van der Waals surface area contributed by atoms with Gasteiger partial charge in [-0.1, -0.05) is 72.8 Å². The lowest BCUT2D eigenvalue weighted by Crippen LogP contribution is -2.39. The highest BCUT2D eigenvalue weighted by Gasteiger charge is 2.21. The Balaban J connectivity index is 1.49. The van der Waals surface area contributed by atoms with E-state index in [0.29, 0.717) is 12.1 Å². The molecule has 0 fully saturated rings. The number of amides is 2. The summed E-state index contributed by atoms with van der Waals surface area (Å²) < 4.78 is 29.9. The van der Waals surface area contributed by atoms with Crippen LogP contribution in [-0.4, -0.2) is 24.0 Å². The molecule has 3 aromatic carbocycles. The van der Waals surface area contributed by atoms with Gasteiger partial charge in [-0.25, -0.2) is 22.9 Å². The fourth-order valence-electron chi connectivity index (χ4n) is 3.31. The number of hydrogen-bond acceptors (Lipinski definition) is 4. The van der Waals surface area contributed by atoms with E-state index in [1.165, 1.54) is 6.07 Å². The molecule has 0 saturated carbocycles. The van der Waals surface area contributed by atoms with E-state index in [4.69, 9.17) is 0 Å². The minimum Gasteiger partial charge on any atom is -0.333 e. The minimum absolute atomic E-state index is 0.0391. The molecule has 0 saturated heterocycles. The lowest BCUT2D eigenvalue weighted by molar-refractivity contribution is 0.245. The summed E-state index contributed by atoms with van der Waals surface area (Å²) in [5.74, 6) is 0. The molecule has 0 aliphatic heterocycles. The Hall–Kier alpha value is -3.91. The zero-order valence-electron chi connectivity index (χ0n) is 17.2. The summed E-state index contributed by atoms with van der Waals surface area (Å²) in [6.07, 6.45) is 5.34. The predicted octanol–water partition coefficient (Wildman–Crippen LogP) is 3.79. The number of nitrogens with zero attached hydrogens (tertiary/aromatic N) is 2. The first-order valence-corrected chi connectivity index (χ1v) is 11.5. The maximum atomic E-state index is 12.9. The second kappa shape index (κ2) is 9.49. The van der Waals surface area contributed by atoms with Crippen LogP contribution in [0.2, 0.25) is 0 Å². The second-order valence-corrected chi connectivity index (χ2v) is 8.85. The van der Waals surface area contributed by atoms with E-state index in [2.05, 4.69) is 15.0 Å². The Morgan fingerprint density at radius 1 is 0.875 bits per heavy atom. The van der Waals surface area contributed by atoms with Gasteiger partial charge in [0.2, 0.25) is 0 Å². The Kier molecular flexibility index (Phi) is 6.32. The van der Waals surface area contributed by atoms with Crippen LogP contribution in [0.3, 0.4) is 0 Å². The van der Waals surface area contributed by atoms with Crippen LogP contribution in [0.25, 0.3) is 11.1 Å². The molecule has 162 valence electrons. The fraction of sp³-hybridized carbons (Fsp3) is 0.0833. The van der Waals surface area contributed by atoms with Gasteiger partial charge in [0.25, 0.3) is 10.0 Å². The van der Waals surface area contributed by atoms with Crippen molar-refractivity contribution in [3.63, 3.8) is 0 Å². The molecule has 0 aliphatic rings. The summed E-state index contributed by atoms with van der Waals surface area (Å²) in [5, 5.41) is 2.58. The van der Waals surface area contributed by atoms with Gasteiger partial charge in [0, 0.05) is 31.0 Å². The monoisotopic (exact) mass is 446 g/mol. The molecular weight excluding hydrogens is 424 g/mol. The maximum absolute atomic E-state index is 12.9. The van der Waals surface area contributed by atoms with Crippen molar-refractivity contribution >= 4 is 16.1 Å². The third-order valence-electron chi connectivity index (χ3n) is 4.89. The number of nitrogens with one attached hydrogen (secondary N) is 2. The molecule has 7 nitrogen and oxygen atoms in total. The van der Waals surface area contributed by atoms with Crippen molar-refractivity contribution in [2.75, 3.05) is 0 Å². The molecule has 0 unspecified atom stereocenters. The van der Waals surface area contributed by atoms with Crippen molar-refractivity contribution < 1.29 is 13.2 Å². The summed E-state index contributed by atoms with van der Waals surface area (Å²) >= 11 is 0. The number of imidazole rings is 1. The molecule has 0 spiro atoms. The van der Waals surface area contributed by atoms with Crippen molar-refractivity contribution in [3.05, 3.63) is 109 Å². The Morgan fingerprint density at radius 2 is 1.59 bits per heavy atom. The molecule has 0 atom stereocenters. The zero-order chi connectivity index (χ0) is 22.4. The summed E-state index contributed by atoms with van der Waals surface area (Å²) in [4.78, 5) is 16.3. The Morgan fingerprint density at radius 3 is 2.31 bits per heavy atom. The topological polar surface area (TPSA) is 93.1 Å². The lowest BCUT2D eigenvalue weighted by Gasteiger charge is -2.13. The van der Waals surface area contributed by atoms with Crippen LogP contribution in [0, 0.1) is 0 Å². The van der Waals surface area contributed by atoms with Crippen LogP contribution in [0.4, 0.5) is 4.79 Å². The first-order chi connectivity index (χ1) is 15.5. The van der Waals surface area contributed by atoms with Gasteiger partial charge in [0.15, 0.2) is 0 Å². The van der Waals surface area contributed by atoms with Crippen LogP contribution in [-0.2, 0) is 23.1 Å². The average Bonchev–Trinajstić information content (AvgIpc) is 3.32. The van der Waals surface area contributed by atoms with Crippen LogP contribution in [0.15, 0.2) is 102 Å². The minimum atomic E-state index is -4.07. The molecule has 32 heavy (non-hydrogen) atoms. The fourth-order valence-corrected chi connectivity index (χ4v) is 4.47. The average molecular weight is 447 g/mol. The molecule has 0 bridgehead atoms. The molecule has 4 rings (SSSR count). The quantitative estimate of drug-likeness (QED) is 0.452. The van der Waals surface area contributed by atoms with Gasteiger partial charge in [-0.15, -0.1) is 0 Å². The Labute approximate surface area is 186 Å². The number of carbonyl (C=O) groups is 1. The molecule has 1 aromatic heterocycles. The van der Waals surface area contributed by atoms with Gasteiger partial charge >= 0.3 is 6.03 Å². The highest BCUT2D eigenvalue weighted by atomic mass is 32.2. The maximum Gasteiger partial charge on any atom is 0.328 e. The normalized spacial score (nSPS) is 11.1. The van der Waals surface area contributed by atoms with Crippen LogP contribution < -0.4 is 10.0 Å². The van der Waals surface area contributed by atoms with Crippen molar-refractivity contribution in [2.45, 2.75) is 18.0 Å². The SMILES string of the molecule is O=C(NCc1ccccc1)NS(=O)(=O)c1ccccc1-c1ccc(Cn2ccnc2)cc1. The first-order valence-electron chi connectivity index (χ1n) is 10.00. The summed E-state index contributed by atoms with van der Waals surface area (Å²) in [5.41, 5.74) is 3.19. The van der Waals surface area contributed by atoms with Gasteiger partial charge in [0.05, 0.1) is 11.2 Å². The highest BCUT2D eigenvalue weighted by molar-refractivity contribution is 7.90. The molecular formula is C24H22N4O3S. The van der Waals surface area contributed by atoms with E-state index < -0.39 is 16.1 Å². The third kappa shape index (κ3) is 5.22. The standard InChI is InChI=1S/C24H22N4O3S/c29-24(26-16-19-6-2-1-3-7-19)27-32(30,31)23-9-5-4-8-22(23)21-12-10-20(11-13-21)17-28-15-14-25-18-28/h1-15,18H,16-17H2,(H2,26,27,29). The van der Waals surface area contributed by atoms with Gasteiger partial charge in [0.1, 0.15) is 0 Å². The van der Waals surface area contributed by atoms with E-state index in [-0.39, 0.29) is 11.4 Å². The van der Waals surface area contributed by atoms with Crippen molar-refractivity contribution in [2.24, 2.45) is 0 Å². The zero-order valence-corrected chi connectivity index (χ0v) is 18.0. The summed E-state index contributed by atoms with van der Waals surface area (Å²) in [7, 11) is -4.07. The molecule has 4 aromatic rings. The van der Waals surface area contributed by atoms with Crippen LogP contribution in [0.5, 0.6) is 0 Å². The number of rotatable bonds is 7.